The predicted octanol–water partition coefficient (Wildman–Crippen LogP) is 3.76. The van der Waals surface area contributed by atoms with Crippen LogP contribution in [0.1, 0.15) is 16.8 Å². The Morgan fingerprint density at radius 3 is 2.48 bits per heavy atom. The number of para-hydroxylation sites is 1. The van der Waals surface area contributed by atoms with E-state index in [1.807, 2.05) is 66.4 Å². The van der Waals surface area contributed by atoms with E-state index in [-0.39, 0.29) is 11.9 Å². The van der Waals surface area contributed by atoms with Gasteiger partial charge in [-0.15, -0.1) is 0 Å². The molecule has 2 aromatic rings. The van der Waals surface area contributed by atoms with Crippen LogP contribution in [-0.4, -0.2) is 72.6 Å². The average molecular weight is 413 g/mol. The highest BCUT2D eigenvalue weighted by atomic mass is 32.2. The van der Waals surface area contributed by atoms with Crippen LogP contribution in [0.5, 0.6) is 11.5 Å². The number of benzene rings is 2. The highest BCUT2D eigenvalue weighted by Crippen LogP contribution is 2.24. The Hall–Kier alpha value is -2.02. The lowest BCUT2D eigenvalue weighted by Gasteiger charge is -2.35. The van der Waals surface area contributed by atoms with Crippen molar-refractivity contribution in [2.24, 2.45) is 0 Å². The summed E-state index contributed by atoms with van der Waals surface area (Å²) in [5, 5.41) is 0. The Morgan fingerprint density at radius 1 is 1.00 bits per heavy atom. The molecule has 154 valence electrons. The molecule has 0 spiro atoms. The summed E-state index contributed by atoms with van der Waals surface area (Å²) in [6.45, 7) is 5.23. The van der Waals surface area contributed by atoms with E-state index in [4.69, 9.17) is 9.47 Å². The Balaban J connectivity index is 1.43. The molecule has 1 unspecified atom stereocenters. The molecule has 29 heavy (non-hydrogen) atoms. The minimum atomic E-state index is 0.122. The van der Waals surface area contributed by atoms with Gasteiger partial charge in [0.1, 0.15) is 11.5 Å². The normalized spacial score (nSPS) is 20.8. The number of amides is 1. The van der Waals surface area contributed by atoms with Crippen molar-refractivity contribution in [1.29, 1.82) is 0 Å². The molecule has 4 rings (SSSR count). The van der Waals surface area contributed by atoms with Gasteiger partial charge < -0.3 is 14.4 Å². The summed E-state index contributed by atoms with van der Waals surface area (Å²) in [7, 11) is 0. The van der Waals surface area contributed by atoms with Crippen molar-refractivity contribution in [3.8, 4) is 11.5 Å². The number of thioether (sulfide) groups is 1. The van der Waals surface area contributed by atoms with E-state index in [0.717, 1.165) is 74.4 Å². The molecule has 2 saturated heterocycles. The number of rotatable bonds is 5. The summed E-state index contributed by atoms with van der Waals surface area (Å²) in [4.78, 5) is 17.8. The molecule has 1 atom stereocenters. The third-order valence-electron chi connectivity index (χ3n) is 5.35. The smallest absolute Gasteiger partial charge is 0.254 e. The molecule has 0 radical (unpaired) electrons. The van der Waals surface area contributed by atoms with Crippen LogP contribution < -0.4 is 4.74 Å². The van der Waals surface area contributed by atoms with Crippen molar-refractivity contribution in [3.63, 3.8) is 0 Å². The van der Waals surface area contributed by atoms with Gasteiger partial charge >= 0.3 is 0 Å². The molecule has 0 aromatic heterocycles. The molecular weight excluding hydrogens is 384 g/mol. The second kappa shape index (κ2) is 10.1. The molecule has 0 N–H and O–H groups in total. The SMILES string of the molecule is O=C(c1ccc(Oc2ccccc2)cc1)N1CCCSCC1CN1CCOCC1. The lowest BCUT2D eigenvalue weighted by molar-refractivity contribution is 0.0245. The highest BCUT2D eigenvalue weighted by molar-refractivity contribution is 7.99. The van der Waals surface area contributed by atoms with Crippen LogP contribution in [-0.2, 0) is 4.74 Å². The van der Waals surface area contributed by atoms with E-state index in [2.05, 4.69) is 9.80 Å². The van der Waals surface area contributed by atoms with Crippen molar-refractivity contribution in [2.45, 2.75) is 12.5 Å². The third kappa shape index (κ3) is 5.53. The molecule has 1 amide bonds. The number of nitrogens with zero attached hydrogens (tertiary/aromatic N) is 2. The van der Waals surface area contributed by atoms with Gasteiger partial charge in [-0.25, -0.2) is 0 Å². The van der Waals surface area contributed by atoms with Crippen LogP contribution in [0.4, 0.5) is 0 Å². The van der Waals surface area contributed by atoms with Crippen molar-refractivity contribution in [3.05, 3.63) is 60.2 Å². The molecule has 2 heterocycles. The largest absolute Gasteiger partial charge is 0.457 e. The number of morpholine rings is 1. The maximum absolute atomic E-state index is 13.3. The van der Waals surface area contributed by atoms with Gasteiger partial charge in [0.25, 0.3) is 5.91 Å². The van der Waals surface area contributed by atoms with E-state index in [9.17, 15) is 4.79 Å². The van der Waals surface area contributed by atoms with Crippen molar-refractivity contribution < 1.29 is 14.3 Å². The molecule has 5 nitrogen and oxygen atoms in total. The molecule has 2 aliphatic rings. The monoisotopic (exact) mass is 412 g/mol. The quantitative estimate of drug-likeness (QED) is 0.748. The van der Waals surface area contributed by atoms with Crippen LogP contribution in [0.3, 0.4) is 0 Å². The summed E-state index contributed by atoms with van der Waals surface area (Å²) in [6.07, 6.45) is 1.05. The fraction of sp³-hybridized carbons (Fsp3) is 0.435. The van der Waals surface area contributed by atoms with Gasteiger partial charge in [0.2, 0.25) is 0 Å². The summed E-state index contributed by atoms with van der Waals surface area (Å²) >= 11 is 1.96. The third-order valence-corrected chi connectivity index (χ3v) is 6.55. The lowest BCUT2D eigenvalue weighted by atomic mass is 10.1. The van der Waals surface area contributed by atoms with E-state index in [1.54, 1.807) is 0 Å². The Bertz CT molecular complexity index is 778. The Morgan fingerprint density at radius 2 is 1.72 bits per heavy atom. The number of hydrogen-bond acceptors (Lipinski definition) is 5. The van der Waals surface area contributed by atoms with Crippen LogP contribution in [0, 0.1) is 0 Å². The maximum atomic E-state index is 13.3. The first-order valence-corrected chi connectivity index (χ1v) is 11.5. The molecular formula is C23H28N2O3S. The van der Waals surface area contributed by atoms with Crippen molar-refractivity contribution in [1.82, 2.24) is 9.80 Å². The van der Waals surface area contributed by atoms with E-state index in [1.165, 1.54) is 0 Å². The zero-order valence-corrected chi connectivity index (χ0v) is 17.5. The molecule has 2 aromatic carbocycles. The van der Waals surface area contributed by atoms with Gasteiger partial charge in [0.05, 0.1) is 19.3 Å². The number of ether oxygens (including phenoxy) is 2. The summed E-state index contributed by atoms with van der Waals surface area (Å²) in [6, 6.07) is 17.4. The first-order valence-electron chi connectivity index (χ1n) is 10.3. The maximum Gasteiger partial charge on any atom is 0.254 e. The van der Waals surface area contributed by atoms with Gasteiger partial charge in [-0.2, -0.15) is 11.8 Å². The molecule has 2 aliphatic heterocycles. The Kier molecular flexibility index (Phi) is 7.09. The topological polar surface area (TPSA) is 42.0 Å². The molecule has 0 aliphatic carbocycles. The molecule has 0 saturated carbocycles. The minimum absolute atomic E-state index is 0.122. The minimum Gasteiger partial charge on any atom is -0.457 e. The molecule has 6 heteroatoms. The predicted molar refractivity (Wildman–Crippen MR) is 117 cm³/mol. The number of hydrogen-bond donors (Lipinski definition) is 0. The average Bonchev–Trinajstić information content (AvgIpc) is 3.01. The first kappa shape index (κ1) is 20.3. The summed E-state index contributed by atoms with van der Waals surface area (Å²) in [5.41, 5.74) is 0.726. The zero-order valence-electron chi connectivity index (χ0n) is 16.7. The summed E-state index contributed by atoms with van der Waals surface area (Å²) < 4.78 is 11.3. The fourth-order valence-electron chi connectivity index (χ4n) is 3.79. The van der Waals surface area contributed by atoms with Gasteiger partial charge in [0, 0.05) is 37.5 Å². The molecule has 2 fully saturated rings. The zero-order chi connectivity index (χ0) is 19.9. The number of carbonyl (C=O) groups is 1. The Labute approximate surface area is 177 Å². The van der Waals surface area contributed by atoms with Crippen LogP contribution in [0.25, 0.3) is 0 Å². The van der Waals surface area contributed by atoms with Gasteiger partial charge in [-0.3, -0.25) is 9.69 Å². The van der Waals surface area contributed by atoms with Gasteiger partial charge in [-0.05, 0) is 48.6 Å². The lowest BCUT2D eigenvalue weighted by Crippen LogP contribution is -2.50. The fourth-order valence-corrected chi connectivity index (χ4v) is 4.84. The van der Waals surface area contributed by atoms with Gasteiger partial charge in [-0.1, -0.05) is 18.2 Å². The van der Waals surface area contributed by atoms with E-state index in [0.29, 0.717) is 0 Å². The van der Waals surface area contributed by atoms with Crippen LogP contribution in [0.15, 0.2) is 54.6 Å². The first-order chi connectivity index (χ1) is 14.3. The van der Waals surface area contributed by atoms with Crippen molar-refractivity contribution in [2.75, 3.05) is 50.9 Å². The van der Waals surface area contributed by atoms with Crippen LogP contribution >= 0.6 is 11.8 Å². The second-order valence-electron chi connectivity index (χ2n) is 7.43. The summed E-state index contributed by atoms with van der Waals surface area (Å²) in [5.74, 6) is 3.77. The standard InChI is InChI=1S/C23H28N2O3S/c26-23(19-7-9-22(10-8-19)28-21-5-2-1-3-6-21)25-11-4-16-29-18-20(25)17-24-12-14-27-15-13-24/h1-3,5-10,20H,4,11-18H2. The number of carbonyl (C=O) groups excluding carboxylic acids is 1. The highest BCUT2D eigenvalue weighted by Gasteiger charge is 2.28. The van der Waals surface area contributed by atoms with E-state index >= 15 is 0 Å². The molecule has 0 bridgehead atoms. The van der Waals surface area contributed by atoms with Gasteiger partial charge in [0.15, 0.2) is 0 Å². The van der Waals surface area contributed by atoms with Crippen molar-refractivity contribution >= 4 is 17.7 Å². The second-order valence-corrected chi connectivity index (χ2v) is 8.58. The van der Waals surface area contributed by atoms with E-state index < -0.39 is 0 Å². The van der Waals surface area contributed by atoms with Crippen LogP contribution in [0.2, 0.25) is 0 Å².